The van der Waals surface area contributed by atoms with Crippen LogP contribution in [0.2, 0.25) is 10.0 Å². The van der Waals surface area contributed by atoms with Crippen LogP contribution >= 0.6 is 23.2 Å². The van der Waals surface area contributed by atoms with Crippen molar-refractivity contribution in [3.63, 3.8) is 0 Å². The van der Waals surface area contributed by atoms with Crippen molar-refractivity contribution in [1.82, 2.24) is 14.5 Å². The van der Waals surface area contributed by atoms with Crippen molar-refractivity contribution in [1.29, 1.82) is 0 Å². The predicted octanol–water partition coefficient (Wildman–Crippen LogP) is 5.23. The van der Waals surface area contributed by atoms with E-state index < -0.39 is 0 Å². The zero-order chi connectivity index (χ0) is 29.0. The second-order valence-corrected chi connectivity index (χ2v) is 10.3. The van der Waals surface area contributed by atoms with Gasteiger partial charge in [-0.2, -0.15) is 0 Å². The summed E-state index contributed by atoms with van der Waals surface area (Å²) < 4.78 is 23.8. The molecule has 214 valence electrons. The van der Waals surface area contributed by atoms with E-state index in [9.17, 15) is 4.79 Å². The molecule has 1 aliphatic rings. The molecule has 1 saturated heterocycles. The highest BCUT2D eigenvalue weighted by Gasteiger charge is 2.28. The Hall–Kier alpha value is -3.24. The fraction of sp³-hybridized carbons (Fsp3) is 0.379. The molecule has 0 amide bonds. The maximum absolute atomic E-state index is 14.1. The van der Waals surface area contributed by atoms with Gasteiger partial charge in [-0.1, -0.05) is 36.4 Å². The Balaban J connectivity index is 1.76. The normalized spacial score (nSPS) is 14.1. The van der Waals surface area contributed by atoms with Crippen molar-refractivity contribution >= 4 is 39.9 Å². The number of rotatable bonds is 13. The number of methoxy groups -OCH3 is 3. The molecule has 0 bridgehead atoms. The van der Waals surface area contributed by atoms with Gasteiger partial charge in [0.2, 0.25) is 0 Å². The van der Waals surface area contributed by atoms with Gasteiger partial charge in [0, 0.05) is 67.8 Å². The maximum Gasteiger partial charge on any atom is 0.259 e. The van der Waals surface area contributed by atoms with Crippen LogP contribution in [0.5, 0.6) is 11.5 Å². The lowest BCUT2D eigenvalue weighted by atomic mass is 10.0. The van der Waals surface area contributed by atoms with E-state index in [0.717, 1.165) is 24.2 Å². The first-order chi connectivity index (χ1) is 19.2. The third-order valence-electron chi connectivity index (χ3n) is 6.79. The average Bonchev–Trinajstić information content (AvgIpc) is 2.91. The zero-order valence-electron chi connectivity index (χ0n) is 23.1. The first-order valence-corrected chi connectivity index (χ1v) is 13.5. The van der Waals surface area contributed by atoms with Crippen LogP contribution in [0, 0.1) is 0 Å². The number of likely N-dealkylation sites (tertiary alicyclic amines) is 1. The smallest absolute Gasteiger partial charge is 0.259 e. The highest BCUT2D eigenvalue weighted by molar-refractivity contribution is 6.41. The fourth-order valence-electron chi connectivity index (χ4n) is 4.64. The monoisotopic (exact) mass is 588 g/mol. The molecule has 1 aromatic carbocycles. The number of ether oxygens (including phenoxy) is 4. The van der Waals surface area contributed by atoms with E-state index in [2.05, 4.69) is 28.4 Å². The highest BCUT2D eigenvalue weighted by Crippen LogP contribution is 2.45. The molecule has 0 spiro atoms. The standard InChI is InChI=1S/C29H34Cl2N4O5/c1-7-18(3)34-14-20(15-34)40-9-8-35-22-11-25(33-17(2)16-37-4)32-13-19(22)10-21(29(35)36)26-27(30)23(38-5)12-24(39-6)28(26)31/h7,10-13,17,20H,1,3,8-9,14-16H2,2,4-6H3,(H,32,33). The van der Waals surface area contributed by atoms with Crippen molar-refractivity contribution in [2.24, 2.45) is 0 Å². The Kier molecular flexibility index (Phi) is 9.63. The van der Waals surface area contributed by atoms with Crippen LogP contribution in [0.3, 0.4) is 0 Å². The number of benzene rings is 1. The van der Waals surface area contributed by atoms with Gasteiger partial charge < -0.3 is 33.7 Å². The van der Waals surface area contributed by atoms with Crippen LogP contribution in [0.4, 0.5) is 5.82 Å². The number of allylic oxidation sites excluding steroid dienone is 1. The number of fused-ring (bicyclic) bond motifs is 1. The minimum Gasteiger partial charge on any atom is -0.495 e. The van der Waals surface area contributed by atoms with Gasteiger partial charge in [-0.05, 0) is 19.1 Å². The molecule has 3 heterocycles. The number of pyridine rings is 2. The van der Waals surface area contributed by atoms with Crippen LogP contribution in [-0.2, 0) is 16.0 Å². The lowest BCUT2D eigenvalue weighted by Gasteiger charge is -2.40. The number of aromatic nitrogens is 2. The average molecular weight is 590 g/mol. The fourth-order valence-corrected chi connectivity index (χ4v) is 5.34. The molecule has 11 heteroatoms. The number of anilines is 1. The summed E-state index contributed by atoms with van der Waals surface area (Å²) in [5.41, 5.74) is 1.90. The Morgan fingerprint density at radius 1 is 1.18 bits per heavy atom. The molecule has 0 saturated carbocycles. The summed E-state index contributed by atoms with van der Waals surface area (Å²) in [6.45, 7) is 12.3. The van der Waals surface area contributed by atoms with E-state index in [1.54, 1.807) is 36.1 Å². The van der Waals surface area contributed by atoms with E-state index in [1.807, 2.05) is 13.0 Å². The van der Waals surface area contributed by atoms with Crippen molar-refractivity contribution < 1.29 is 18.9 Å². The van der Waals surface area contributed by atoms with Gasteiger partial charge >= 0.3 is 0 Å². The van der Waals surface area contributed by atoms with E-state index in [0.29, 0.717) is 53.7 Å². The molecule has 4 rings (SSSR count). The summed E-state index contributed by atoms with van der Waals surface area (Å²) in [6.07, 6.45) is 3.48. The molecule has 1 N–H and O–H groups in total. The van der Waals surface area contributed by atoms with Crippen molar-refractivity contribution in [2.75, 3.05) is 52.9 Å². The van der Waals surface area contributed by atoms with Crippen molar-refractivity contribution in [3.8, 4) is 22.6 Å². The Morgan fingerprint density at radius 2 is 1.85 bits per heavy atom. The van der Waals surface area contributed by atoms with Crippen LogP contribution in [-0.4, -0.2) is 74.2 Å². The summed E-state index contributed by atoms with van der Waals surface area (Å²) in [5, 5.41) is 4.46. The van der Waals surface area contributed by atoms with Crippen molar-refractivity contribution in [3.05, 3.63) is 69.7 Å². The molecular weight excluding hydrogens is 555 g/mol. The van der Waals surface area contributed by atoms with Crippen LogP contribution in [0.15, 0.2) is 54.1 Å². The van der Waals surface area contributed by atoms with E-state index in [-0.39, 0.29) is 27.8 Å². The number of hydrogen-bond donors (Lipinski definition) is 1. The number of nitrogens with zero attached hydrogens (tertiary/aromatic N) is 3. The molecular formula is C29H34Cl2N4O5. The van der Waals surface area contributed by atoms with Gasteiger partial charge in [0.05, 0.1) is 54.7 Å². The maximum atomic E-state index is 14.1. The molecule has 1 fully saturated rings. The second-order valence-electron chi connectivity index (χ2n) is 9.52. The number of halogens is 2. The van der Waals surface area contributed by atoms with Gasteiger partial charge in [0.25, 0.3) is 5.56 Å². The topological polar surface area (TPSA) is 87.1 Å². The third-order valence-corrected chi connectivity index (χ3v) is 7.54. The van der Waals surface area contributed by atoms with Gasteiger partial charge in [0.15, 0.2) is 0 Å². The number of hydrogen-bond acceptors (Lipinski definition) is 8. The van der Waals surface area contributed by atoms with E-state index in [1.165, 1.54) is 14.2 Å². The van der Waals surface area contributed by atoms with Gasteiger partial charge in [0.1, 0.15) is 17.3 Å². The second kappa shape index (κ2) is 13.0. The molecule has 1 aliphatic heterocycles. The van der Waals surface area contributed by atoms with E-state index in [4.69, 9.17) is 42.1 Å². The summed E-state index contributed by atoms with van der Waals surface area (Å²) >= 11 is 13.4. The molecule has 9 nitrogen and oxygen atoms in total. The van der Waals surface area contributed by atoms with Gasteiger partial charge in [-0.3, -0.25) is 4.79 Å². The molecule has 1 atom stereocenters. The lowest BCUT2D eigenvalue weighted by Crippen LogP contribution is -2.51. The van der Waals surface area contributed by atoms with Gasteiger partial charge in [-0.15, -0.1) is 0 Å². The van der Waals surface area contributed by atoms with Gasteiger partial charge in [-0.25, -0.2) is 4.98 Å². The third kappa shape index (κ3) is 6.07. The zero-order valence-corrected chi connectivity index (χ0v) is 24.6. The summed E-state index contributed by atoms with van der Waals surface area (Å²) in [5.74, 6) is 1.30. The highest BCUT2D eigenvalue weighted by atomic mass is 35.5. The molecule has 1 unspecified atom stereocenters. The first-order valence-electron chi connectivity index (χ1n) is 12.8. The van der Waals surface area contributed by atoms with Crippen LogP contribution in [0.25, 0.3) is 22.0 Å². The lowest BCUT2D eigenvalue weighted by molar-refractivity contribution is -0.0402. The minimum absolute atomic E-state index is 0.0199. The van der Waals surface area contributed by atoms with Crippen LogP contribution < -0.4 is 20.3 Å². The molecule has 3 aromatic rings. The predicted molar refractivity (Wildman–Crippen MR) is 160 cm³/mol. The summed E-state index contributed by atoms with van der Waals surface area (Å²) in [7, 11) is 4.62. The quantitative estimate of drug-likeness (QED) is 0.271. The SMILES string of the molecule is C=CC(=C)N1CC(OCCn2c(=O)c(-c3c(Cl)c(OC)cc(OC)c3Cl)cc3cnc(NC(C)COC)cc32)C1. The largest absolute Gasteiger partial charge is 0.495 e. The molecule has 0 aliphatic carbocycles. The summed E-state index contributed by atoms with van der Waals surface area (Å²) in [6, 6.07) is 5.19. The Labute approximate surface area is 243 Å². The summed E-state index contributed by atoms with van der Waals surface area (Å²) in [4.78, 5) is 20.7. The van der Waals surface area contributed by atoms with E-state index >= 15 is 0 Å². The molecule has 40 heavy (non-hydrogen) atoms. The van der Waals surface area contributed by atoms with Crippen LogP contribution in [0.1, 0.15) is 6.92 Å². The Bertz CT molecular complexity index is 1440. The van der Waals surface area contributed by atoms with Crippen molar-refractivity contribution in [2.45, 2.75) is 25.6 Å². The Morgan fingerprint density at radius 3 is 2.45 bits per heavy atom. The first kappa shape index (κ1) is 29.7. The molecule has 2 aromatic heterocycles. The number of nitrogens with one attached hydrogen (secondary N) is 1. The minimum atomic E-state index is -0.285. The molecule has 0 radical (unpaired) electrons.